The first kappa shape index (κ1) is 24.0. The lowest BCUT2D eigenvalue weighted by Gasteiger charge is -2.11. The van der Waals surface area contributed by atoms with E-state index >= 15 is 0 Å². The predicted octanol–water partition coefficient (Wildman–Crippen LogP) is 4.00. The van der Waals surface area contributed by atoms with Gasteiger partial charge in [0.05, 0.1) is 12.3 Å². The van der Waals surface area contributed by atoms with Crippen LogP contribution in [0.2, 0.25) is 0 Å². The lowest BCUT2D eigenvalue weighted by Crippen LogP contribution is -2.29. The quantitative estimate of drug-likeness (QED) is 0.328. The average Bonchev–Trinajstić information content (AvgIpc) is 3.29. The number of ether oxygens (including phenoxy) is 1. The van der Waals surface area contributed by atoms with Crippen molar-refractivity contribution in [2.45, 2.75) is 18.6 Å². The third-order valence-corrected chi connectivity index (χ3v) is 5.83. The van der Waals surface area contributed by atoms with E-state index < -0.39 is 0 Å². The summed E-state index contributed by atoms with van der Waals surface area (Å²) >= 11 is 1.28. The fourth-order valence-corrected chi connectivity index (χ4v) is 4.06. The lowest BCUT2D eigenvalue weighted by atomic mass is 10.2. The first-order valence-corrected chi connectivity index (χ1v) is 12.0. The highest BCUT2D eigenvalue weighted by atomic mass is 32.2. The van der Waals surface area contributed by atoms with Crippen molar-refractivity contribution in [3.8, 4) is 11.4 Å². The van der Waals surface area contributed by atoms with E-state index in [0.29, 0.717) is 16.7 Å². The predicted molar refractivity (Wildman–Crippen MR) is 136 cm³/mol. The number of hydrogen-bond donors (Lipinski definition) is 2. The Labute approximate surface area is 207 Å². The lowest BCUT2D eigenvalue weighted by molar-refractivity contribution is -0.123. The third kappa shape index (κ3) is 6.94. The number of nitrogens with zero attached hydrogens (tertiary/aromatic N) is 3. The number of thioether (sulfide) groups is 1. The number of para-hydroxylation sites is 2. The molecule has 0 saturated carbocycles. The standard InChI is InChI=1S/C26H25N5O3S/c1-19-9-8-10-20(15-19)28-25(33)18-35-26-30-29-23(31(26)21-11-4-2-5-12-21)16-27-24(32)17-34-22-13-6-3-7-14-22/h2-15H,16-18H2,1H3,(H,27,32)(H,28,33). The molecule has 0 unspecified atom stereocenters. The van der Waals surface area contributed by atoms with Crippen molar-refractivity contribution in [2.75, 3.05) is 17.7 Å². The minimum atomic E-state index is -0.275. The molecule has 1 aromatic heterocycles. The van der Waals surface area contributed by atoms with Crippen LogP contribution in [0.1, 0.15) is 11.4 Å². The SMILES string of the molecule is Cc1cccc(NC(=O)CSc2nnc(CNC(=O)COc3ccccc3)n2-c2ccccc2)c1. The molecule has 0 aliphatic rings. The highest BCUT2D eigenvalue weighted by Gasteiger charge is 2.17. The summed E-state index contributed by atoms with van der Waals surface area (Å²) in [6.45, 7) is 2.03. The number of carbonyl (C=O) groups excluding carboxylic acids is 2. The van der Waals surface area contributed by atoms with Gasteiger partial charge in [-0.05, 0) is 48.9 Å². The molecule has 0 aliphatic carbocycles. The molecule has 3 aromatic carbocycles. The Morgan fingerprint density at radius 1 is 0.914 bits per heavy atom. The summed E-state index contributed by atoms with van der Waals surface area (Å²) in [5.41, 5.74) is 2.66. The summed E-state index contributed by atoms with van der Waals surface area (Å²) < 4.78 is 7.33. The normalized spacial score (nSPS) is 10.5. The molecule has 0 saturated heterocycles. The number of rotatable bonds is 10. The van der Waals surface area contributed by atoms with E-state index in [1.807, 2.05) is 84.3 Å². The van der Waals surface area contributed by atoms with Gasteiger partial charge in [-0.3, -0.25) is 14.2 Å². The van der Waals surface area contributed by atoms with Gasteiger partial charge < -0.3 is 15.4 Å². The van der Waals surface area contributed by atoms with Crippen LogP contribution in [-0.4, -0.2) is 38.9 Å². The number of aromatic nitrogens is 3. The summed E-state index contributed by atoms with van der Waals surface area (Å²) in [5, 5.41) is 14.8. The smallest absolute Gasteiger partial charge is 0.258 e. The van der Waals surface area contributed by atoms with Crippen molar-refractivity contribution in [3.63, 3.8) is 0 Å². The molecule has 2 N–H and O–H groups in total. The van der Waals surface area contributed by atoms with Crippen LogP contribution in [0.5, 0.6) is 5.75 Å². The molecular formula is C26H25N5O3S. The highest BCUT2D eigenvalue weighted by Crippen LogP contribution is 2.22. The van der Waals surface area contributed by atoms with Crippen LogP contribution in [0.4, 0.5) is 5.69 Å². The summed E-state index contributed by atoms with van der Waals surface area (Å²) in [6.07, 6.45) is 0. The topological polar surface area (TPSA) is 98.1 Å². The molecule has 0 atom stereocenters. The highest BCUT2D eigenvalue weighted by molar-refractivity contribution is 7.99. The van der Waals surface area contributed by atoms with Crippen molar-refractivity contribution in [3.05, 3.63) is 96.3 Å². The minimum absolute atomic E-state index is 0.107. The molecule has 0 aliphatic heterocycles. The van der Waals surface area contributed by atoms with Crippen molar-refractivity contribution in [1.82, 2.24) is 20.1 Å². The van der Waals surface area contributed by atoms with Gasteiger partial charge in [-0.15, -0.1) is 10.2 Å². The molecule has 35 heavy (non-hydrogen) atoms. The van der Waals surface area contributed by atoms with Crippen LogP contribution in [0.25, 0.3) is 5.69 Å². The third-order valence-electron chi connectivity index (χ3n) is 4.91. The molecule has 0 fully saturated rings. The number of benzene rings is 3. The van der Waals surface area contributed by atoms with Crippen LogP contribution in [0.3, 0.4) is 0 Å². The first-order chi connectivity index (χ1) is 17.1. The van der Waals surface area contributed by atoms with Gasteiger partial charge in [0.2, 0.25) is 5.91 Å². The molecule has 0 spiro atoms. The summed E-state index contributed by atoms with van der Waals surface area (Å²) in [5.74, 6) is 0.916. The molecule has 178 valence electrons. The van der Waals surface area contributed by atoms with E-state index in [-0.39, 0.29) is 30.7 Å². The first-order valence-electron chi connectivity index (χ1n) is 11.0. The van der Waals surface area contributed by atoms with Gasteiger partial charge in [0.1, 0.15) is 5.75 Å². The monoisotopic (exact) mass is 487 g/mol. The molecule has 4 rings (SSSR count). The molecular weight excluding hydrogens is 462 g/mol. The van der Waals surface area contributed by atoms with E-state index in [1.54, 1.807) is 12.1 Å². The molecule has 9 heteroatoms. The fraction of sp³-hybridized carbons (Fsp3) is 0.154. The maximum atomic E-state index is 12.5. The van der Waals surface area contributed by atoms with Gasteiger partial charge in [-0.2, -0.15) is 0 Å². The van der Waals surface area contributed by atoms with Gasteiger partial charge in [-0.25, -0.2) is 0 Å². The maximum Gasteiger partial charge on any atom is 0.258 e. The van der Waals surface area contributed by atoms with E-state index in [4.69, 9.17) is 4.74 Å². The molecule has 2 amide bonds. The number of amides is 2. The van der Waals surface area contributed by atoms with Crippen molar-refractivity contribution >= 4 is 29.3 Å². The Morgan fingerprint density at radius 2 is 1.66 bits per heavy atom. The van der Waals surface area contributed by atoms with Crippen molar-refractivity contribution in [2.24, 2.45) is 0 Å². The fourth-order valence-electron chi connectivity index (χ4n) is 3.29. The molecule has 1 heterocycles. The Balaban J connectivity index is 1.40. The molecule has 8 nitrogen and oxygen atoms in total. The van der Waals surface area contributed by atoms with E-state index in [0.717, 1.165) is 16.9 Å². The van der Waals surface area contributed by atoms with Crippen LogP contribution in [0, 0.1) is 6.92 Å². The second-order valence-corrected chi connectivity index (χ2v) is 8.60. The number of aryl methyl sites for hydroxylation is 1. The van der Waals surface area contributed by atoms with E-state index in [1.165, 1.54) is 11.8 Å². The number of hydrogen-bond acceptors (Lipinski definition) is 6. The van der Waals surface area contributed by atoms with Gasteiger partial charge in [-0.1, -0.05) is 60.3 Å². The zero-order chi connectivity index (χ0) is 24.5. The van der Waals surface area contributed by atoms with Gasteiger partial charge >= 0.3 is 0 Å². The second-order valence-electron chi connectivity index (χ2n) is 7.65. The molecule has 4 aromatic rings. The number of nitrogens with one attached hydrogen (secondary N) is 2. The summed E-state index contributed by atoms with van der Waals surface area (Å²) in [7, 11) is 0. The Bertz CT molecular complexity index is 1280. The van der Waals surface area contributed by atoms with E-state index in [9.17, 15) is 9.59 Å². The molecule has 0 radical (unpaired) electrons. The van der Waals surface area contributed by atoms with E-state index in [2.05, 4.69) is 20.8 Å². The summed E-state index contributed by atoms with van der Waals surface area (Å²) in [4.78, 5) is 24.8. The Hall–Kier alpha value is -4.11. The van der Waals surface area contributed by atoms with Crippen molar-refractivity contribution in [1.29, 1.82) is 0 Å². The number of anilines is 1. The largest absolute Gasteiger partial charge is 0.484 e. The zero-order valence-electron chi connectivity index (χ0n) is 19.2. The second kappa shape index (κ2) is 11.8. The van der Waals surface area contributed by atoms with Crippen LogP contribution in [0.15, 0.2) is 90.1 Å². The van der Waals surface area contributed by atoms with Gasteiger partial charge in [0, 0.05) is 11.4 Å². The summed E-state index contributed by atoms with van der Waals surface area (Å²) in [6, 6.07) is 26.4. The zero-order valence-corrected chi connectivity index (χ0v) is 20.0. The average molecular weight is 488 g/mol. The van der Waals surface area contributed by atoms with Crippen molar-refractivity contribution < 1.29 is 14.3 Å². The minimum Gasteiger partial charge on any atom is -0.484 e. The molecule has 0 bridgehead atoms. The Morgan fingerprint density at radius 3 is 2.40 bits per heavy atom. The van der Waals surface area contributed by atoms with Gasteiger partial charge in [0.15, 0.2) is 17.6 Å². The maximum absolute atomic E-state index is 12.5. The number of carbonyl (C=O) groups is 2. The Kier molecular flexibility index (Phi) is 8.13. The van der Waals surface area contributed by atoms with Crippen LogP contribution >= 0.6 is 11.8 Å². The van der Waals surface area contributed by atoms with Gasteiger partial charge in [0.25, 0.3) is 5.91 Å². The van der Waals surface area contributed by atoms with Crippen LogP contribution in [-0.2, 0) is 16.1 Å². The van der Waals surface area contributed by atoms with Crippen LogP contribution < -0.4 is 15.4 Å².